The van der Waals surface area contributed by atoms with Crippen molar-refractivity contribution < 1.29 is 19.7 Å². The van der Waals surface area contributed by atoms with Crippen LogP contribution in [-0.2, 0) is 4.74 Å². The lowest BCUT2D eigenvalue weighted by atomic mass is 9.62. The summed E-state index contributed by atoms with van der Waals surface area (Å²) in [5.41, 5.74) is -2.02. The van der Waals surface area contributed by atoms with Gasteiger partial charge in [-0.15, -0.1) is 0 Å². The summed E-state index contributed by atoms with van der Waals surface area (Å²) in [5.74, 6) is 0. The number of carbonyl (C=O) groups excluding carboxylic acids is 1. The molecule has 0 aromatic carbocycles. The molecule has 3 fully saturated rings. The van der Waals surface area contributed by atoms with Crippen molar-refractivity contribution in [3.63, 3.8) is 0 Å². The van der Waals surface area contributed by atoms with Gasteiger partial charge in [0.2, 0.25) is 0 Å². The smallest absolute Gasteiger partial charge is 0.410 e. The minimum atomic E-state index is -0.892. The van der Waals surface area contributed by atoms with E-state index in [1.807, 2.05) is 20.8 Å². The first kappa shape index (κ1) is 16.0. The van der Waals surface area contributed by atoms with Gasteiger partial charge in [0.1, 0.15) is 5.60 Å². The van der Waals surface area contributed by atoms with E-state index in [1.54, 1.807) is 4.90 Å². The summed E-state index contributed by atoms with van der Waals surface area (Å²) < 4.78 is 5.37. The van der Waals surface area contributed by atoms with Gasteiger partial charge in [0.05, 0.1) is 17.6 Å². The van der Waals surface area contributed by atoms with E-state index in [1.165, 1.54) is 0 Å². The van der Waals surface area contributed by atoms with E-state index >= 15 is 0 Å². The van der Waals surface area contributed by atoms with Gasteiger partial charge in [-0.2, -0.15) is 0 Å². The Balaban J connectivity index is 1.67. The Kier molecular flexibility index (Phi) is 3.70. The summed E-state index contributed by atoms with van der Waals surface area (Å²) in [5, 5.41) is 24.6. The van der Waals surface area contributed by atoms with Crippen molar-refractivity contribution in [3.05, 3.63) is 0 Å². The Morgan fingerprint density at radius 1 is 1.27 bits per heavy atom. The maximum absolute atomic E-state index is 12.1. The van der Waals surface area contributed by atoms with Gasteiger partial charge in [0.25, 0.3) is 0 Å². The zero-order chi connectivity index (χ0) is 16.2. The molecule has 0 spiro atoms. The number of ether oxygens (including phenoxy) is 1. The van der Waals surface area contributed by atoms with E-state index in [-0.39, 0.29) is 12.7 Å². The molecule has 3 aliphatic rings. The fourth-order valence-electron chi connectivity index (χ4n) is 4.24. The fourth-order valence-corrected chi connectivity index (χ4v) is 4.24. The minimum absolute atomic E-state index is 0.0950. The van der Waals surface area contributed by atoms with Gasteiger partial charge in [-0.25, -0.2) is 4.79 Å². The van der Waals surface area contributed by atoms with Crippen LogP contribution in [-0.4, -0.2) is 64.2 Å². The molecule has 2 atom stereocenters. The Labute approximate surface area is 131 Å². The number of likely N-dealkylation sites (tertiary alicyclic amines) is 1. The zero-order valence-electron chi connectivity index (χ0n) is 13.8. The van der Waals surface area contributed by atoms with Crippen molar-refractivity contribution >= 4 is 6.09 Å². The van der Waals surface area contributed by atoms with Crippen LogP contribution in [0, 0.1) is 5.41 Å². The maximum atomic E-state index is 12.1. The summed E-state index contributed by atoms with van der Waals surface area (Å²) in [6.45, 7) is 6.15. The molecule has 3 rings (SSSR count). The Morgan fingerprint density at radius 3 is 2.27 bits per heavy atom. The summed E-state index contributed by atoms with van der Waals surface area (Å²) >= 11 is 0. The van der Waals surface area contributed by atoms with Crippen LogP contribution in [0.15, 0.2) is 0 Å². The SMILES string of the molecule is CC(C)(C)OC(=O)N1CC(CO)(C2(O)CC3CCC(C2)N3)C1. The lowest BCUT2D eigenvalue weighted by molar-refractivity contribution is -0.193. The second kappa shape index (κ2) is 5.08. The van der Waals surface area contributed by atoms with Gasteiger partial charge in [-0.1, -0.05) is 0 Å². The predicted octanol–water partition coefficient (Wildman–Crippen LogP) is 0.861. The standard InChI is InChI=1S/C16H28N2O4/c1-14(2,3)22-13(20)18-8-15(9-18,10-19)16(21)6-11-4-5-12(7-16)17-11/h11-12,17,19,21H,4-10H2,1-3H3. The van der Waals surface area contributed by atoms with E-state index in [9.17, 15) is 15.0 Å². The molecule has 1 amide bonds. The van der Waals surface area contributed by atoms with Crippen molar-refractivity contribution in [1.82, 2.24) is 10.2 Å². The van der Waals surface area contributed by atoms with Gasteiger partial charge in [-0.05, 0) is 46.5 Å². The van der Waals surface area contributed by atoms with Crippen LogP contribution in [0.25, 0.3) is 0 Å². The zero-order valence-corrected chi connectivity index (χ0v) is 13.8. The van der Waals surface area contributed by atoms with Crippen LogP contribution in [0.2, 0.25) is 0 Å². The van der Waals surface area contributed by atoms with Crippen molar-refractivity contribution in [2.24, 2.45) is 5.41 Å². The third-order valence-corrected chi connectivity index (χ3v) is 5.43. The van der Waals surface area contributed by atoms with E-state index in [0.29, 0.717) is 38.0 Å². The molecule has 0 saturated carbocycles. The monoisotopic (exact) mass is 312 g/mol. The number of piperidine rings is 1. The van der Waals surface area contributed by atoms with Crippen molar-refractivity contribution in [2.45, 2.75) is 69.7 Å². The van der Waals surface area contributed by atoms with Crippen LogP contribution in [0.4, 0.5) is 4.79 Å². The molecule has 3 saturated heterocycles. The number of aliphatic hydroxyl groups is 2. The first-order valence-electron chi connectivity index (χ1n) is 8.24. The van der Waals surface area contributed by atoms with Crippen LogP contribution in [0.5, 0.6) is 0 Å². The number of fused-ring (bicyclic) bond motifs is 2. The van der Waals surface area contributed by atoms with E-state index in [2.05, 4.69) is 5.32 Å². The van der Waals surface area contributed by atoms with Crippen molar-refractivity contribution in [2.75, 3.05) is 19.7 Å². The lowest BCUT2D eigenvalue weighted by Crippen LogP contribution is -2.73. The summed E-state index contributed by atoms with van der Waals surface area (Å²) in [7, 11) is 0. The van der Waals surface area contributed by atoms with E-state index in [0.717, 1.165) is 12.8 Å². The summed E-state index contributed by atoms with van der Waals surface area (Å²) in [6.07, 6.45) is 3.13. The molecule has 0 aromatic rings. The Hall–Kier alpha value is -0.850. The molecule has 0 radical (unpaired) electrons. The topological polar surface area (TPSA) is 82.0 Å². The third kappa shape index (κ3) is 2.61. The second-order valence-corrected chi connectivity index (χ2v) is 8.35. The Bertz CT molecular complexity index is 442. The van der Waals surface area contributed by atoms with Crippen LogP contribution < -0.4 is 5.32 Å². The molecule has 3 N–H and O–H groups in total. The van der Waals surface area contributed by atoms with Gasteiger partial charge in [0.15, 0.2) is 0 Å². The highest BCUT2D eigenvalue weighted by Gasteiger charge is 2.61. The molecule has 6 nitrogen and oxygen atoms in total. The number of nitrogens with one attached hydrogen (secondary N) is 1. The lowest BCUT2D eigenvalue weighted by Gasteiger charge is -2.59. The minimum Gasteiger partial charge on any atom is -0.444 e. The Morgan fingerprint density at radius 2 is 1.82 bits per heavy atom. The van der Waals surface area contributed by atoms with Gasteiger partial charge in [-0.3, -0.25) is 0 Å². The number of aliphatic hydroxyl groups excluding tert-OH is 1. The summed E-state index contributed by atoms with van der Waals surface area (Å²) in [6, 6.07) is 0.672. The molecule has 3 heterocycles. The molecular formula is C16H28N2O4. The number of hydrogen-bond acceptors (Lipinski definition) is 5. The highest BCUT2D eigenvalue weighted by atomic mass is 16.6. The molecule has 2 unspecified atom stereocenters. The number of rotatable bonds is 2. The van der Waals surface area contributed by atoms with Crippen LogP contribution >= 0.6 is 0 Å². The first-order chi connectivity index (χ1) is 10.2. The average molecular weight is 312 g/mol. The molecule has 22 heavy (non-hydrogen) atoms. The normalized spacial score (nSPS) is 36.9. The molecule has 0 aromatic heterocycles. The van der Waals surface area contributed by atoms with E-state index in [4.69, 9.17) is 4.74 Å². The van der Waals surface area contributed by atoms with Gasteiger partial charge >= 0.3 is 6.09 Å². The van der Waals surface area contributed by atoms with Crippen LogP contribution in [0.1, 0.15) is 46.5 Å². The summed E-state index contributed by atoms with van der Waals surface area (Å²) in [4.78, 5) is 13.7. The average Bonchev–Trinajstić information content (AvgIpc) is 2.66. The number of amides is 1. The molecule has 3 aliphatic heterocycles. The largest absolute Gasteiger partial charge is 0.444 e. The van der Waals surface area contributed by atoms with Crippen molar-refractivity contribution in [3.8, 4) is 0 Å². The maximum Gasteiger partial charge on any atom is 0.410 e. The number of carbonyl (C=O) groups is 1. The van der Waals surface area contributed by atoms with E-state index < -0.39 is 16.6 Å². The molecule has 2 bridgehead atoms. The second-order valence-electron chi connectivity index (χ2n) is 8.35. The first-order valence-corrected chi connectivity index (χ1v) is 8.24. The van der Waals surface area contributed by atoms with Crippen molar-refractivity contribution in [1.29, 1.82) is 0 Å². The van der Waals surface area contributed by atoms with Gasteiger partial charge in [0, 0.05) is 25.2 Å². The van der Waals surface area contributed by atoms with Gasteiger partial charge < -0.3 is 25.2 Å². The molecule has 6 heteroatoms. The number of hydrogen-bond donors (Lipinski definition) is 3. The fraction of sp³-hybridized carbons (Fsp3) is 0.938. The molecule has 126 valence electrons. The highest BCUT2D eigenvalue weighted by Crippen LogP contribution is 2.49. The highest BCUT2D eigenvalue weighted by molar-refractivity contribution is 5.69. The predicted molar refractivity (Wildman–Crippen MR) is 81.5 cm³/mol. The quantitative estimate of drug-likeness (QED) is 0.704. The third-order valence-electron chi connectivity index (χ3n) is 5.43. The number of nitrogens with zero attached hydrogens (tertiary/aromatic N) is 1. The van der Waals surface area contributed by atoms with Crippen LogP contribution in [0.3, 0.4) is 0 Å². The molecule has 0 aliphatic carbocycles. The molecular weight excluding hydrogens is 284 g/mol.